The van der Waals surface area contributed by atoms with Gasteiger partial charge in [-0.15, -0.1) is 11.3 Å². The van der Waals surface area contributed by atoms with Crippen molar-refractivity contribution in [2.24, 2.45) is 5.92 Å². The molecule has 0 spiro atoms. The van der Waals surface area contributed by atoms with E-state index in [2.05, 4.69) is 5.10 Å². The first-order chi connectivity index (χ1) is 15.5. The fourth-order valence-electron chi connectivity index (χ4n) is 4.80. The van der Waals surface area contributed by atoms with Crippen LogP contribution in [0.4, 0.5) is 0 Å². The molecule has 0 bridgehead atoms. The van der Waals surface area contributed by atoms with E-state index < -0.39 is 0 Å². The van der Waals surface area contributed by atoms with Gasteiger partial charge in [0, 0.05) is 37.5 Å². The minimum absolute atomic E-state index is 0.0418. The second-order valence-corrected chi connectivity index (χ2v) is 10.2. The van der Waals surface area contributed by atoms with Gasteiger partial charge in [0.1, 0.15) is 4.83 Å². The highest BCUT2D eigenvalue weighted by Crippen LogP contribution is 2.33. The van der Waals surface area contributed by atoms with E-state index in [1.54, 1.807) is 0 Å². The Morgan fingerprint density at radius 2 is 1.75 bits per heavy atom. The number of hydrogen-bond acceptors (Lipinski definition) is 4. The molecule has 2 aliphatic heterocycles. The average molecular weight is 471 g/mol. The van der Waals surface area contributed by atoms with E-state index in [1.807, 2.05) is 51.7 Å². The molecule has 0 saturated carbocycles. The van der Waals surface area contributed by atoms with Gasteiger partial charge in [0.05, 0.1) is 21.3 Å². The van der Waals surface area contributed by atoms with Crippen molar-refractivity contribution in [3.8, 4) is 5.69 Å². The van der Waals surface area contributed by atoms with Crippen LogP contribution in [-0.4, -0.2) is 57.6 Å². The monoisotopic (exact) mass is 470 g/mol. The lowest BCUT2D eigenvalue weighted by atomic mass is 9.94. The highest BCUT2D eigenvalue weighted by molar-refractivity contribution is 7.20. The average Bonchev–Trinajstić information content (AvgIpc) is 3.40. The first-order valence-electron chi connectivity index (χ1n) is 11.3. The number of hydrogen-bond donors (Lipinski definition) is 0. The maximum Gasteiger partial charge on any atom is 0.264 e. The van der Waals surface area contributed by atoms with E-state index in [4.69, 9.17) is 11.6 Å². The summed E-state index contributed by atoms with van der Waals surface area (Å²) in [5.74, 6) is 0.380. The normalized spacial score (nSPS) is 17.8. The van der Waals surface area contributed by atoms with E-state index >= 15 is 0 Å². The van der Waals surface area contributed by atoms with Gasteiger partial charge >= 0.3 is 0 Å². The van der Waals surface area contributed by atoms with Gasteiger partial charge in [-0.25, -0.2) is 4.68 Å². The molecule has 5 rings (SSSR count). The summed E-state index contributed by atoms with van der Waals surface area (Å²) in [6.07, 6.45) is 4.94. The van der Waals surface area contributed by atoms with Gasteiger partial charge in [0.15, 0.2) is 0 Å². The summed E-state index contributed by atoms with van der Waals surface area (Å²) in [7, 11) is 0. The number of para-hydroxylation sites is 1. The molecule has 3 aromatic rings. The number of nitrogens with zero attached hydrogens (tertiary/aromatic N) is 4. The number of aryl methyl sites for hydroxylation is 1. The molecule has 0 N–H and O–H groups in total. The zero-order valence-electron chi connectivity index (χ0n) is 18.2. The van der Waals surface area contributed by atoms with Gasteiger partial charge in [-0.2, -0.15) is 5.10 Å². The first-order valence-corrected chi connectivity index (χ1v) is 12.5. The molecule has 0 radical (unpaired) electrons. The van der Waals surface area contributed by atoms with E-state index in [-0.39, 0.29) is 17.7 Å². The van der Waals surface area contributed by atoms with Crippen LogP contribution in [0.2, 0.25) is 5.02 Å². The number of carbonyl (C=O) groups is 2. The third-order valence-electron chi connectivity index (χ3n) is 6.64. The topological polar surface area (TPSA) is 58.4 Å². The molecule has 6 nitrogen and oxygen atoms in total. The molecule has 32 heavy (non-hydrogen) atoms. The lowest BCUT2D eigenvalue weighted by molar-refractivity contribution is -0.137. The van der Waals surface area contributed by atoms with Gasteiger partial charge in [0.25, 0.3) is 5.91 Å². The maximum atomic E-state index is 13.3. The molecular weight excluding hydrogens is 444 g/mol. The number of benzene rings is 1. The van der Waals surface area contributed by atoms with Crippen LogP contribution in [0.25, 0.3) is 15.9 Å². The molecule has 2 saturated heterocycles. The number of carbonyl (C=O) groups excluding carboxylic acids is 2. The summed E-state index contributed by atoms with van der Waals surface area (Å²) in [5, 5.41) is 6.25. The number of amides is 2. The van der Waals surface area contributed by atoms with Gasteiger partial charge in [-0.3, -0.25) is 9.59 Å². The summed E-state index contributed by atoms with van der Waals surface area (Å²) >= 11 is 7.85. The number of thiophene rings is 1. The van der Waals surface area contributed by atoms with Crippen molar-refractivity contribution in [3.63, 3.8) is 0 Å². The molecule has 8 heteroatoms. The number of piperidine rings is 2. The fourth-order valence-corrected chi connectivity index (χ4v) is 6.16. The van der Waals surface area contributed by atoms with E-state index in [1.165, 1.54) is 17.8 Å². The van der Waals surface area contributed by atoms with Crippen LogP contribution in [0.3, 0.4) is 0 Å². The molecular formula is C24H27ClN4O2S. The second kappa shape index (κ2) is 8.87. The van der Waals surface area contributed by atoms with Crippen LogP contribution < -0.4 is 0 Å². The first kappa shape index (κ1) is 21.5. The van der Waals surface area contributed by atoms with Gasteiger partial charge in [-0.1, -0.05) is 23.7 Å². The third kappa shape index (κ3) is 3.92. The van der Waals surface area contributed by atoms with Gasteiger partial charge < -0.3 is 9.80 Å². The smallest absolute Gasteiger partial charge is 0.264 e. The second-order valence-electron chi connectivity index (χ2n) is 8.73. The highest BCUT2D eigenvalue weighted by Gasteiger charge is 2.31. The number of halogens is 1. The number of likely N-dealkylation sites (tertiary alicyclic amines) is 2. The summed E-state index contributed by atoms with van der Waals surface area (Å²) in [6.45, 7) is 5.00. The van der Waals surface area contributed by atoms with Crippen molar-refractivity contribution in [1.29, 1.82) is 0 Å². The summed E-state index contributed by atoms with van der Waals surface area (Å²) < 4.78 is 1.83. The third-order valence-corrected chi connectivity index (χ3v) is 8.05. The molecule has 0 atom stereocenters. The molecule has 4 heterocycles. The molecule has 1 aromatic carbocycles. The van der Waals surface area contributed by atoms with Crippen molar-refractivity contribution < 1.29 is 9.59 Å². The standard InChI is InChI=1S/C24H27ClN4O2S/c1-16-18-15-21(32-24(18)29(26-16)20-8-4-3-7-19(20)25)23(31)28-13-9-17(10-14-28)22(30)27-11-5-2-6-12-27/h3-4,7-8,15,17H,2,5-6,9-14H2,1H3. The Morgan fingerprint density at radius 1 is 1.03 bits per heavy atom. The Bertz CT molecular complexity index is 1160. The Morgan fingerprint density at radius 3 is 2.47 bits per heavy atom. The van der Waals surface area contributed by atoms with Crippen molar-refractivity contribution in [1.82, 2.24) is 19.6 Å². The zero-order valence-corrected chi connectivity index (χ0v) is 19.8. The molecule has 0 unspecified atom stereocenters. The van der Waals surface area contributed by atoms with Crippen LogP contribution in [0, 0.1) is 12.8 Å². The Balaban J connectivity index is 1.31. The summed E-state index contributed by atoms with van der Waals surface area (Å²) in [5.41, 5.74) is 1.69. The fraction of sp³-hybridized carbons (Fsp3) is 0.458. The van der Waals surface area contributed by atoms with Gasteiger partial charge in [-0.05, 0) is 57.2 Å². The highest BCUT2D eigenvalue weighted by atomic mass is 35.5. The summed E-state index contributed by atoms with van der Waals surface area (Å²) in [4.78, 5) is 31.6. The lowest BCUT2D eigenvalue weighted by Crippen LogP contribution is -2.45. The molecule has 2 aliphatic rings. The maximum absolute atomic E-state index is 13.3. The van der Waals surface area contributed by atoms with Crippen LogP contribution >= 0.6 is 22.9 Å². The van der Waals surface area contributed by atoms with Crippen molar-refractivity contribution in [2.75, 3.05) is 26.2 Å². The van der Waals surface area contributed by atoms with Crippen LogP contribution in [0.15, 0.2) is 30.3 Å². The van der Waals surface area contributed by atoms with Crippen LogP contribution in [-0.2, 0) is 4.79 Å². The van der Waals surface area contributed by atoms with E-state index in [9.17, 15) is 9.59 Å². The zero-order chi connectivity index (χ0) is 22.2. The van der Waals surface area contributed by atoms with E-state index in [0.717, 1.165) is 60.4 Å². The van der Waals surface area contributed by atoms with Crippen LogP contribution in [0.5, 0.6) is 0 Å². The Hall–Kier alpha value is -2.38. The van der Waals surface area contributed by atoms with Crippen molar-refractivity contribution in [3.05, 3.63) is 45.9 Å². The molecule has 168 valence electrons. The van der Waals surface area contributed by atoms with Crippen molar-refractivity contribution in [2.45, 2.75) is 39.0 Å². The number of fused-ring (bicyclic) bond motifs is 1. The minimum Gasteiger partial charge on any atom is -0.342 e. The largest absolute Gasteiger partial charge is 0.342 e. The van der Waals surface area contributed by atoms with E-state index in [0.29, 0.717) is 23.0 Å². The predicted molar refractivity (Wildman–Crippen MR) is 128 cm³/mol. The number of rotatable bonds is 3. The molecule has 2 fully saturated rings. The summed E-state index contributed by atoms with van der Waals surface area (Å²) in [6, 6.07) is 9.54. The SMILES string of the molecule is Cc1nn(-c2ccccc2Cl)c2sc(C(=O)N3CCC(C(=O)N4CCCCC4)CC3)cc12. The quantitative estimate of drug-likeness (QED) is 0.546. The van der Waals surface area contributed by atoms with Crippen molar-refractivity contribution >= 4 is 45.0 Å². The predicted octanol–water partition coefficient (Wildman–Crippen LogP) is 4.91. The van der Waals surface area contributed by atoms with Gasteiger partial charge in [0.2, 0.25) is 5.91 Å². The molecule has 0 aliphatic carbocycles. The lowest BCUT2D eigenvalue weighted by Gasteiger charge is -2.35. The van der Waals surface area contributed by atoms with Crippen LogP contribution in [0.1, 0.15) is 47.5 Å². The number of aromatic nitrogens is 2. The Kier molecular flexibility index (Phi) is 5.95. The Labute approximate surface area is 196 Å². The minimum atomic E-state index is 0.0418. The molecule has 2 amide bonds. The molecule has 2 aromatic heterocycles.